The van der Waals surface area contributed by atoms with Gasteiger partial charge in [0.05, 0.1) is 11.2 Å². The average molecular weight is 540 g/mol. The first-order valence-corrected chi connectivity index (χ1v) is 14.5. The molecule has 226 valence electrons. The van der Waals surface area contributed by atoms with Gasteiger partial charge in [-0.3, -0.25) is 4.79 Å². The summed E-state index contributed by atoms with van der Waals surface area (Å²) in [5.41, 5.74) is 1.53. The molecule has 0 atom stereocenters. The van der Waals surface area contributed by atoms with Crippen LogP contribution >= 0.6 is 0 Å². The summed E-state index contributed by atoms with van der Waals surface area (Å²) >= 11 is 0. The molecule has 0 unspecified atom stereocenters. The smallest absolute Gasteiger partial charge is 0.306 e. The Morgan fingerprint density at radius 1 is 0.842 bits per heavy atom. The lowest BCUT2D eigenvalue weighted by Crippen LogP contribution is -2.23. The number of ether oxygens (including phenoxy) is 2. The second kappa shape index (κ2) is 16.0. The van der Waals surface area contributed by atoms with Crippen molar-refractivity contribution in [2.75, 3.05) is 13.2 Å². The number of aromatic nitrogens is 3. The van der Waals surface area contributed by atoms with Gasteiger partial charge in [0.25, 0.3) is 0 Å². The second-order valence-corrected chi connectivity index (χ2v) is 16.2. The monoisotopic (exact) mass is 540 g/mol. The van der Waals surface area contributed by atoms with Gasteiger partial charge < -0.3 is 9.47 Å². The summed E-state index contributed by atoms with van der Waals surface area (Å²) in [4.78, 5) is 11.3. The molecule has 0 aliphatic heterocycles. The van der Waals surface area contributed by atoms with Crippen molar-refractivity contribution in [3.8, 4) is 0 Å². The van der Waals surface area contributed by atoms with Crippen LogP contribution in [0.3, 0.4) is 0 Å². The minimum absolute atomic E-state index is 0.0243. The SMILES string of the molecule is CC(C)(C)CCCC(=O)OC(C)(C)C.CC(C)(C)c1cn(C(C)(C)C)nn1.CC(C)COCCC(C)(C)C. The van der Waals surface area contributed by atoms with Crippen LogP contribution in [0.1, 0.15) is 149 Å². The summed E-state index contributed by atoms with van der Waals surface area (Å²) in [6.07, 6.45) is 5.69. The first-order chi connectivity index (χ1) is 16.7. The summed E-state index contributed by atoms with van der Waals surface area (Å²) in [7, 11) is 0. The highest BCUT2D eigenvalue weighted by atomic mass is 16.6. The van der Waals surface area contributed by atoms with Gasteiger partial charge in [0.2, 0.25) is 0 Å². The van der Waals surface area contributed by atoms with Crippen LogP contribution in [0.25, 0.3) is 0 Å². The molecule has 38 heavy (non-hydrogen) atoms. The highest BCUT2D eigenvalue weighted by molar-refractivity contribution is 5.69. The highest BCUT2D eigenvalue weighted by Gasteiger charge is 2.21. The molecular formula is C32H65N3O3. The molecule has 0 bridgehead atoms. The number of rotatable bonds is 7. The van der Waals surface area contributed by atoms with E-state index in [1.54, 1.807) is 0 Å². The molecule has 0 saturated carbocycles. The molecule has 0 amide bonds. The van der Waals surface area contributed by atoms with Crippen LogP contribution in [0.15, 0.2) is 6.20 Å². The normalized spacial score (nSPS) is 12.9. The van der Waals surface area contributed by atoms with Crippen LogP contribution in [-0.4, -0.2) is 39.8 Å². The highest BCUT2D eigenvalue weighted by Crippen LogP contribution is 2.23. The van der Waals surface area contributed by atoms with Crippen LogP contribution in [0.4, 0.5) is 0 Å². The van der Waals surface area contributed by atoms with E-state index < -0.39 is 0 Å². The first-order valence-electron chi connectivity index (χ1n) is 14.5. The lowest BCUT2D eigenvalue weighted by atomic mass is 9.90. The Morgan fingerprint density at radius 3 is 1.66 bits per heavy atom. The molecule has 1 rings (SSSR count). The molecule has 0 radical (unpaired) electrons. The van der Waals surface area contributed by atoms with Gasteiger partial charge in [0.1, 0.15) is 5.60 Å². The van der Waals surface area contributed by atoms with Crippen molar-refractivity contribution in [1.82, 2.24) is 15.0 Å². The summed E-state index contributed by atoms with van der Waals surface area (Å²) in [5.74, 6) is 0.580. The van der Waals surface area contributed by atoms with E-state index in [1.807, 2.05) is 31.6 Å². The van der Waals surface area contributed by atoms with Crippen LogP contribution in [-0.2, 0) is 25.2 Å². The van der Waals surface area contributed by atoms with E-state index in [2.05, 4.69) is 107 Å². The minimum atomic E-state index is -0.348. The van der Waals surface area contributed by atoms with Crippen molar-refractivity contribution in [3.05, 3.63) is 11.9 Å². The lowest BCUT2D eigenvalue weighted by Gasteiger charge is -2.21. The van der Waals surface area contributed by atoms with Crippen molar-refractivity contribution in [2.24, 2.45) is 16.7 Å². The van der Waals surface area contributed by atoms with Crippen molar-refractivity contribution in [1.29, 1.82) is 0 Å². The van der Waals surface area contributed by atoms with Crippen LogP contribution in [0.5, 0.6) is 0 Å². The Hall–Kier alpha value is -1.43. The number of hydrogen-bond acceptors (Lipinski definition) is 5. The fraction of sp³-hybridized carbons (Fsp3) is 0.906. The third-order valence-electron chi connectivity index (χ3n) is 5.12. The summed E-state index contributed by atoms with van der Waals surface area (Å²) in [5, 5.41) is 8.29. The van der Waals surface area contributed by atoms with Gasteiger partial charge in [-0.15, -0.1) is 5.10 Å². The molecule has 0 fully saturated rings. The van der Waals surface area contributed by atoms with Gasteiger partial charge >= 0.3 is 5.97 Å². The topological polar surface area (TPSA) is 66.2 Å². The van der Waals surface area contributed by atoms with E-state index in [-0.39, 0.29) is 22.5 Å². The van der Waals surface area contributed by atoms with E-state index in [9.17, 15) is 4.79 Å². The lowest BCUT2D eigenvalue weighted by molar-refractivity contribution is -0.155. The molecule has 1 aromatic rings. The van der Waals surface area contributed by atoms with E-state index in [0.717, 1.165) is 38.2 Å². The zero-order valence-corrected chi connectivity index (χ0v) is 28.5. The number of hydrogen-bond donors (Lipinski definition) is 0. The molecule has 6 heteroatoms. The van der Waals surface area contributed by atoms with Crippen LogP contribution in [0, 0.1) is 16.7 Å². The summed E-state index contributed by atoms with van der Waals surface area (Å²) < 4.78 is 12.6. The van der Waals surface area contributed by atoms with Gasteiger partial charge in [0, 0.05) is 31.2 Å². The third-order valence-corrected chi connectivity index (χ3v) is 5.12. The molecule has 0 saturated heterocycles. The van der Waals surface area contributed by atoms with Crippen molar-refractivity contribution in [2.45, 2.75) is 160 Å². The molecule has 0 aromatic carbocycles. The molecule has 0 aliphatic carbocycles. The molecule has 0 N–H and O–H groups in total. The van der Waals surface area contributed by atoms with E-state index in [4.69, 9.17) is 9.47 Å². The Labute approximate surface area is 237 Å². The number of carbonyl (C=O) groups excluding carboxylic acids is 1. The van der Waals surface area contributed by atoms with Crippen molar-refractivity contribution >= 4 is 5.97 Å². The van der Waals surface area contributed by atoms with Crippen molar-refractivity contribution in [3.63, 3.8) is 0 Å². The molecule has 0 spiro atoms. The van der Waals surface area contributed by atoms with Gasteiger partial charge in [-0.25, -0.2) is 4.68 Å². The van der Waals surface area contributed by atoms with Gasteiger partial charge in [-0.1, -0.05) is 81.4 Å². The standard InChI is InChI=1S/C12H24O2.C10H19N3.C10H22O/c1-11(2,3)9-7-8-10(13)14-12(4,5)6;1-9(2,3)8-7-13(12-11-8)10(4,5)6;1-9(2)8-11-7-6-10(3,4)5/h7-9H2,1-6H3;7H,1-6H3;9H,6-8H2,1-5H3. The van der Waals surface area contributed by atoms with E-state index in [1.165, 1.54) is 0 Å². The Bertz CT molecular complexity index is 734. The molecule has 0 aliphatic rings. The molecule has 1 aromatic heterocycles. The largest absolute Gasteiger partial charge is 0.460 e. The maximum absolute atomic E-state index is 11.3. The minimum Gasteiger partial charge on any atom is -0.460 e. The van der Waals surface area contributed by atoms with Crippen LogP contribution < -0.4 is 0 Å². The fourth-order valence-corrected chi connectivity index (χ4v) is 2.79. The zero-order valence-electron chi connectivity index (χ0n) is 28.5. The van der Waals surface area contributed by atoms with Gasteiger partial charge in [0.15, 0.2) is 0 Å². The maximum atomic E-state index is 11.3. The Morgan fingerprint density at radius 2 is 1.34 bits per heavy atom. The average Bonchev–Trinajstić information content (AvgIpc) is 3.14. The second-order valence-electron chi connectivity index (χ2n) is 16.2. The summed E-state index contributed by atoms with van der Waals surface area (Å²) in [6, 6.07) is 0. The number of nitrogens with zero attached hydrogens (tertiary/aromatic N) is 3. The first kappa shape index (κ1) is 38.7. The fourth-order valence-electron chi connectivity index (χ4n) is 2.79. The quantitative estimate of drug-likeness (QED) is 0.255. The maximum Gasteiger partial charge on any atom is 0.306 e. The molecule has 1 heterocycles. The number of carbonyl (C=O) groups is 1. The molecule has 6 nitrogen and oxygen atoms in total. The Kier molecular flexibility index (Phi) is 16.3. The van der Waals surface area contributed by atoms with Crippen molar-refractivity contribution < 1.29 is 14.3 Å². The van der Waals surface area contributed by atoms with E-state index in [0.29, 0.717) is 23.2 Å². The number of esters is 1. The molecular weight excluding hydrogens is 474 g/mol. The van der Waals surface area contributed by atoms with Gasteiger partial charge in [-0.2, -0.15) is 0 Å². The predicted molar refractivity (Wildman–Crippen MR) is 163 cm³/mol. The van der Waals surface area contributed by atoms with Gasteiger partial charge in [-0.05, 0) is 77.6 Å². The zero-order chi connectivity index (χ0) is 30.6. The third kappa shape index (κ3) is 24.9. The van der Waals surface area contributed by atoms with E-state index >= 15 is 0 Å². The Balaban J connectivity index is 0. The summed E-state index contributed by atoms with van der Waals surface area (Å²) in [6.45, 7) is 37.9. The van der Waals surface area contributed by atoms with Crippen LogP contribution in [0.2, 0.25) is 0 Å². The predicted octanol–water partition coefficient (Wildman–Crippen LogP) is 8.97.